The molecule has 7 nitrogen and oxygen atoms in total. The number of nitrogens with zero attached hydrogens (tertiary/aromatic N) is 3. The molecule has 11 heteroatoms. The van der Waals surface area contributed by atoms with Crippen molar-refractivity contribution in [1.29, 1.82) is 0 Å². The molecule has 4 rings (SSSR count). The van der Waals surface area contributed by atoms with Crippen molar-refractivity contribution in [3.63, 3.8) is 0 Å². The third kappa shape index (κ3) is 3.66. The van der Waals surface area contributed by atoms with Gasteiger partial charge in [-0.3, -0.25) is 4.99 Å². The van der Waals surface area contributed by atoms with Crippen LogP contribution in [0.2, 0.25) is 0 Å². The largest absolute Gasteiger partial charge is 0.477 e. The molecule has 0 spiro atoms. The first-order valence-corrected chi connectivity index (χ1v) is 12.4. The van der Waals surface area contributed by atoms with Gasteiger partial charge in [0.2, 0.25) is 5.88 Å². The van der Waals surface area contributed by atoms with Crippen LogP contribution < -0.4 is 10.5 Å². The van der Waals surface area contributed by atoms with Crippen LogP contribution in [0.3, 0.4) is 0 Å². The molecule has 0 unspecified atom stereocenters. The summed E-state index contributed by atoms with van der Waals surface area (Å²) in [6.07, 6.45) is 4.51. The van der Waals surface area contributed by atoms with Crippen molar-refractivity contribution in [2.24, 2.45) is 10.7 Å². The molecule has 2 aliphatic heterocycles. The molecule has 1 aromatic heterocycles. The number of benzene rings is 1. The molecule has 0 amide bonds. The highest BCUT2D eigenvalue weighted by atomic mass is 32.2. The molecule has 0 aliphatic carbocycles. The van der Waals surface area contributed by atoms with Crippen LogP contribution in [0.5, 0.6) is 5.88 Å². The fourth-order valence-electron chi connectivity index (χ4n) is 4.62. The van der Waals surface area contributed by atoms with E-state index in [2.05, 4.69) is 15.0 Å². The van der Waals surface area contributed by atoms with Crippen molar-refractivity contribution in [3.8, 4) is 5.88 Å². The smallest absolute Gasteiger partial charge is 0.232 e. The van der Waals surface area contributed by atoms with Crippen LogP contribution in [-0.2, 0) is 15.4 Å². The summed E-state index contributed by atoms with van der Waals surface area (Å²) >= 11 is 0. The SMILES string of the molecule is CCCOc1cnc(/C(F)=C/c2ccc(F)c([C@@]3(C)N=C(N)[C@@]4(CF)CC[C@@H]3S4(=O)=O)c2)cn1. The fraction of sp³-hybridized carbons (Fsp3) is 0.435. The van der Waals surface area contributed by atoms with Crippen molar-refractivity contribution in [1.82, 2.24) is 9.97 Å². The fourth-order valence-corrected chi connectivity index (χ4v) is 7.27. The lowest BCUT2D eigenvalue weighted by Crippen LogP contribution is -2.58. The molecular formula is C23H25F3N4O3S. The van der Waals surface area contributed by atoms with Gasteiger partial charge in [-0.05, 0) is 50.0 Å². The van der Waals surface area contributed by atoms with Gasteiger partial charge >= 0.3 is 0 Å². The zero-order chi connectivity index (χ0) is 24.7. The van der Waals surface area contributed by atoms with Crippen LogP contribution >= 0.6 is 0 Å². The summed E-state index contributed by atoms with van der Waals surface area (Å²) in [4.78, 5) is 12.3. The molecule has 1 aromatic carbocycles. The normalized spacial score (nSPS) is 28.0. The molecule has 182 valence electrons. The van der Waals surface area contributed by atoms with E-state index < -0.39 is 43.7 Å². The highest BCUT2D eigenvalue weighted by Gasteiger charge is 2.65. The van der Waals surface area contributed by atoms with Crippen LogP contribution in [0.25, 0.3) is 11.9 Å². The number of fused-ring (bicyclic) bond motifs is 2. The second kappa shape index (κ2) is 8.68. The lowest BCUT2D eigenvalue weighted by atomic mass is 9.86. The summed E-state index contributed by atoms with van der Waals surface area (Å²) in [5, 5.41) is -1.15. The van der Waals surface area contributed by atoms with Gasteiger partial charge in [0.15, 0.2) is 20.4 Å². The maximum atomic E-state index is 15.0. The summed E-state index contributed by atoms with van der Waals surface area (Å²) in [6, 6.07) is 3.78. The van der Waals surface area contributed by atoms with E-state index in [1.807, 2.05) is 6.92 Å². The van der Waals surface area contributed by atoms with Crippen molar-refractivity contribution < 1.29 is 26.3 Å². The van der Waals surface area contributed by atoms with Crippen LogP contribution in [0.1, 0.15) is 49.9 Å². The summed E-state index contributed by atoms with van der Waals surface area (Å²) in [7, 11) is -4.07. The van der Waals surface area contributed by atoms with Gasteiger partial charge in [-0.1, -0.05) is 13.0 Å². The highest BCUT2D eigenvalue weighted by molar-refractivity contribution is 7.94. The average Bonchev–Trinajstić information content (AvgIpc) is 3.02. The van der Waals surface area contributed by atoms with Crippen molar-refractivity contribution in [2.75, 3.05) is 13.3 Å². The Balaban J connectivity index is 1.71. The van der Waals surface area contributed by atoms with E-state index in [-0.39, 0.29) is 41.4 Å². The highest BCUT2D eigenvalue weighted by Crippen LogP contribution is 2.51. The number of halogens is 3. The first-order valence-electron chi connectivity index (χ1n) is 10.9. The Morgan fingerprint density at radius 1 is 1.32 bits per heavy atom. The third-order valence-electron chi connectivity index (χ3n) is 6.55. The van der Waals surface area contributed by atoms with Crippen molar-refractivity contribution >= 4 is 27.6 Å². The molecule has 2 aliphatic rings. The lowest BCUT2D eigenvalue weighted by molar-refractivity contribution is 0.303. The quantitative estimate of drug-likeness (QED) is 0.628. The Hall–Kier alpha value is -2.95. The number of hydrogen-bond donors (Lipinski definition) is 1. The Kier molecular flexibility index (Phi) is 6.17. The van der Waals surface area contributed by atoms with E-state index in [0.29, 0.717) is 6.61 Å². The number of aliphatic imine (C=N–C) groups is 1. The summed E-state index contributed by atoms with van der Waals surface area (Å²) in [6.45, 7) is 2.67. The molecule has 3 atom stereocenters. The predicted octanol–water partition coefficient (Wildman–Crippen LogP) is 3.74. The van der Waals surface area contributed by atoms with E-state index in [9.17, 15) is 21.6 Å². The van der Waals surface area contributed by atoms with E-state index in [1.54, 1.807) is 0 Å². The summed E-state index contributed by atoms with van der Waals surface area (Å²) < 4.78 is 73.4. The number of ether oxygens (including phenoxy) is 1. The number of alkyl halides is 1. The van der Waals surface area contributed by atoms with Crippen LogP contribution in [0.4, 0.5) is 13.2 Å². The van der Waals surface area contributed by atoms with Crippen LogP contribution in [-0.4, -0.2) is 47.5 Å². The number of aromatic nitrogens is 2. The van der Waals surface area contributed by atoms with Gasteiger partial charge in [0.1, 0.15) is 29.6 Å². The van der Waals surface area contributed by atoms with Crippen LogP contribution in [0.15, 0.2) is 35.6 Å². The lowest BCUT2D eigenvalue weighted by Gasteiger charge is -2.39. The third-order valence-corrected chi connectivity index (χ3v) is 9.60. The minimum Gasteiger partial charge on any atom is -0.477 e. The number of sulfone groups is 1. The maximum Gasteiger partial charge on any atom is 0.232 e. The summed E-state index contributed by atoms with van der Waals surface area (Å²) in [5.74, 6) is -1.54. The van der Waals surface area contributed by atoms with Crippen molar-refractivity contribution in [3.05, 3.63) is 53.2 Å². The molecule has 0 radical (unpaired) electrons. The van der Waals surface area contributed by atoms with E-state index in [0.717, 1.165) is 18.6 Å². The van der Waals surface area contributed by atoms with Gasteiger partial charge in [0, 0.05) is 5.56 Å². The molecule has 2 bridgehead atoms. The number of rotatable bonds is 7. The topological polar surface area (TPSA) is 108 Å². The first-order chi connectivity index (χ1) is 16.1. The Labute approximate surface area is 195 Å². The van der Waals surface area contributed by atoms with Crippen molar-refractivity contribution in [2.45, 2.75) is 48.6 Å². The average molecular weight is 495 g/mol. The summed E-state index contributed by atoms with van der Waals surface area (Å²) in [5.41, 5.74) is 4.52. The molecule has 2 N–H and O–H groups in total. The molecular weight excluding hydrogens is 469 g/mol. The van der Waals surface area contributed by atoms with Gasteiger partial charge < -0.3 is 10.5 Å². The Morgan fingerprint density at radius 3 is 2.74 bits per heavy atom. The number of amidine groups is 1. The van der Waals surface area contributed by atoms with Gasteiger partial charge in [0.05, 0.1) is 24.3 Å². The number of hydrogen-bond acceptors (Lipinski definition) is 7. The van der Waals surface area contributed by atoms with Crippen LogP contribution in [0, 0.1) is 5.82 Å². The zero-order valence-electron chi connectivity index (χ0n) is 18.8. The zero-order valence-corrected chi connectivity index (χ0v) is 19.6. The van der Waals surface area contributed by atoms with Gasteiger partial charge in [-0.25, -0.2) is 31.6 Å². The second-order valence-corrected chi connectivity index (χ2v) is 11.1. The molecule has 1 saturated heterocycles. The molecule has 0 saturated carbocycles. The molecule has 34 heavy (non-hydrogen) atoms. The van der Waals surface area contributed by atoms with E-state index >= 15 is 0 Å². The Bertz CT molecular complexity index is 1270. The standard InChI is InChI=1S/C23H25F3N4O3S/c1-3-8-33-20-12-28-18(11-29-20)17(26)10-14-4-5-16(25)15(9-14)22(2)19-6-7-23(13-24,21(27)30-22)34(19,31)32/h4-5,9-12,19H,3,6-8,13H2,1-2H3,(H2,27,30)/b17-10-/t19-,22+,23-/m0/s1. The predicted molar refractivity (Wildman–Crippen MR) is 123 cm³/mol. The van der Waals surface area contributed by atoms with Gasteiger partial charge in [0.25, 0.3) is 0 Å². The molecule has 1 fully saturated rings. The molecule has 3 heterocycles. The first kappa shape index (κ1) is 24.2. The monoisotopic (exact) mass is 494 g/mol. The van der Waals surface area contributed by atoms with Gasteiger partial charge in [-0.15, -0.1) is 0 Å². The maximum absolute atomic E-state index is 15.0. The van der Waals surface area contributed by atoms with E-state index in [4.69, 9.17) is 10.5 Å². The minimum absolute atomic E-state index is 0.0199. The van der Waals surface area contributed by atoms with Gasteiger partial charge in [-0.2, -0.15) is 0 Å². The number of nitrogens with two attached hydrogens (primary N) is 1. The minimum atomic E-state index is -4.07. The Morgan fingerprint density at radius 2 is 2.09 bits per heavy atom. The molecule has 2 aromatic rings. The second-order valence-electron chi connectivity index (χ2n) is 8.66. The van der Waals surface area contributed by atoms with E-state index in [1.165, 1.54) is 31.5 Å².